The minimum absolute atomic E-state index is 0.0615. The lowest BCUT2D eigenvalue weighted by molar-refractivity contribution is 0.0549. The lowest BCUT2D eigenvalue weighted by Gasteiger charge is -2.33. The summed E-state index contributed by atoms with van der Waals surface area (Å²) in [5, 5.41) is 6.19. The summed E-state index contributed by atoms with van der Waals surface area (Å²) in [6.07, 6.45) is 4.77. The van der Waals surface area contributed by atoms with Crippen LogP contribution in [-0.4, -0.2) is 43.3 Å². The number of nitrogens with zero attached hydrogens (tertiary/aromatic N) is 1. The third-order valence-electron chi connectivity index (χ3n) is 5.53. The van der Waals surface area contributed by atoms with E-state index in [-0.39, 0.29) is 12.1 Å². The molecule has 1 heterocycles. The van der Waals surface area contributed by atoms with Gasteiger partial charge in [-0.3, -0.25) is 0 Å². The average molecular weight is 345 g/mol. The number of amides is 2. The second kappa shape index (κ2) is 8.68. The number of carbonyl (C=O) groups excluding carboxylic acids is 1. The highest BCUT2D eigenvalue weighted by atomic mass is 16.5. The molecule has 1 saturated carbocycles. The van der Waals surface area contributed by atoms with Crippen LogP contribution in [0.3, 0.4) is 0 Å². The number of nitrogens with one attached hydrogen (secondary N) is 2. The number of benzene rings is 1. The van der Waals surface area contributed by atoms with Gasteiger partial charge in [0, 0.05) is 31.7 Å². The van der Waals surface area contributed by atoms with Gasteiger partial charge in [-0.15, -0.1) is 0 Å². The fourth-order valence-electron chi connectivity index (χ4n) is 4.02. The minimum atomic E-state index is -0.0615. The normalized spacial score (nSPS) is 25.6. The molecule has 1 saturated heterocycles. The summed E-state index contributed by atoms with van der Waals surface area (Å²) >= 11 is 0. The summed E-state index contributed by atoms with van der Waals surface area (Å²) in [4.78, 5) is 14.6. The van der Waals surface area contributed by atoms with Crippen LogP contribution in [0.5, 0.6) is 0 Å². The van der Waals surface area contributed by atoms with Gasteiger partial charge in [0.1, 0.15) is 0 Å². The summed E-state index contributed by atoms with van der Waals surface area (Å²) < 4.78 is 5.78. The van der Waals surface area contributed by atoms with Crippen LogP contribution >= 0.6 is 0 Å². The zero-order valence-corrected chi connectivity index (χ0v) is 15.5. The molecular weight excluding hydrogens is 314 g/mol. The molecule has 1 aliphatic carbocycles. The zero-order chi connectivity index (χ0) is 17.6. The number of ether oxygens (including phenoxy) is 1. The van der Waals surface area contributed by atoms with Crippen LogP contribution in [-0.2, 0) is 17.8 Å². The Hall–Kier alpha value is -1.59. The van der Waals surface area contributed by atoms with Crippen molar-refractivity contribution < 1.29 is 9.53 Å². The van der Waals surface area contributed by atoms with Gasteiger partial charge in [-0.2, -0.15) is 0 Å². The Morgan fingerprint density at radius 1 is 1.28 bits per heavy atom. The molecule has 0 bridgehead atoms. The van der Waals surface area contributed by atoms with E-state index in [9.17, 15) is 4.79 Å². The molecule has 25 heavy (non-hydrogen) atoms. The van der Waals surface area contributed by atoms with E-state index in [0.29, 0.717) is 18.6 Å². The molecule has 0 radical (unpaired) electrons. The minimum Gasteiger partial charge on any atom is -0.378 e. The van der Waals surface area contributed by atoms with Crippen molar-refractivity contribution in [2.75, 3.05) is 20.2 Å². The highest BCUT2D eigenvalue weighted by Gasteiger charge is 2.38. The van der Waals surface area contributed by atoms with Gasteiger partial charge in [0.25, 0.3) is 0 Å². The van der Waals surface area contributed by atoms with Crippen LogP contribution in [0.4, 0.5) is 4.79 Å². The molecule has 1 aromatic carbocycles. The SMILES string of the molecule is CCN(C)Cc1cccc(CNC(=O)NC2CCCC3OCCC23)c1. The molecule has 3 unspecified atom stereocenters. The van der Waals surface area contributed by atoms with Gasteiger partial charge in [-0.25, -0.2) is 4.79 Å². The first-order valence-electron chi connectivity index (χ1n) is 9.58. The highest BCUT2D eigenvalue weighted by Crippen LogP contribution is 2.34. The smallest absolute Gasteiger partial charge is 0.315 e. The van der Waals surface area contributed by atoms with Crippen molar-refractivity contribution >= 4 is 6.03 Å². The maximum Gasteiger partial charge on any atom is 0.315 e. The molecule has 2 fully saturated rings. The lowest BCUT2D eigenvalue weighted by Crippen LogP contribution is -2.49. The van der Waals surface area contributed by atoms with Crippen molar-refractivity contribution in [3.05, 3.63) is 35.4 Å². The largest absolute Gasteiger partial charge is 0.378 e. The summed E-state index contributed by atoms with van der Waals surface area (Å²) in [7, 11) is 2.11. The molecule has 2 N–H and O–H groups in total. The van der Waals surface area contributed by atoms with Crippen LogP contribution in [0.2, 0.25) is 0 Å². The first kappa shape index (κ1) is 18.2. The van der Waals surface area contributed by atoms with Crippen molar-refractivity contribution in [1.29, 1.82) is 0 Å². The van der Waals surface area contributed by atoms with Gasteiger partial charge in [-0.05, 0) is 50.4 Å². The molecule has 3 atom stereocenters. The van der Waals surface area contributed by atoms with E-state index in [0.717, 1.165) is 50.9 Å². The predicted octanol–water partition coefficient (Wildman–Crippen LogP) is 2.90. The standard InChI is InChI=1S/C20H31N3O2/c1-3-23(2)14-16-7-4-6-15(12-16)13-21-20(24)22-18-8-5-9-19-17(18)10-11-25-19/h4,6-7,12,17-19H,3,5,8-11,13-14H2,1-2H3,(H2,21,22,24). The van der Waals surface area contributed by atoms with E-state index in [4.69, 9.17) is 4.74 Å². The molecule has 3 rings (SSSR count). The van der Waals surface area contributed by atoms with Crippen molar-refractivity contribution in [2.24, 2.45) is 5.92 Å². The third-order valence-corrected chi connectivity index (χ3v) is 5.53. The van der Waals surface area contributed by atoms with Gasteiger partial charge in [-0.1, -0.05) is 31.2 Å². The summed E-state index contributed by atoms with van der Waals surface area (Å²) in [6.45, 7) is 5.52. The highest BCUT2D eigenvalue weighted by molar-refractivity contribution is 5.74. The van der Waals surface area contributed by atoms with Crippen molar-refractivity contribution in [2.45, 2.75) is 57.8 Å². The fourth-order valence-corrected chi connectivity index (χ4v) is 4.02. The van der Waals surface area contributed by atoms with Crippen LogP contribution in [0.1, 0.15) is 43.7 Å². The van der Waals surface area contributed by atoms with Gasteiger partial charge in [0.05, 0.1) is 6.10 Å². The predicted molar refractivity (Wildman–Crippen MR) is 99.3 cm³/mol. The van der Waals surface area contributed by atoms with E-state index in [2.05, 4.69) is 53.8 Å². The quantitative estimate of drug-likeness (QED) is 0.833. The Labute approximate surface area is 151 Å². The Kier molecular flexibility index (Phi) is 6.32. The average Bonchev–Trinajstić information content (AvgIpc) is 3.10. The summed E-state index contributed by atoms with van der Waals surface area (Å²) in [6, 6.07) is 8.64. The molecule has 2 amide bonds. The fraction of sp³-hybridized carbons (Fsp3) is 0.650. The van der Waals surface area contributed by atoms with Crippen molar-refractivity contribution in [1.82, 2.24) is 15.5 Å². The van der Waals surface area contributed by atoms with Crippen LogP contribution in [0.25, 0.3) is 0 Å². The topological polar surface area (TPSA) is 53.6 Å². The molecule has 1 aromatic rings. The lowest BCUT2D eigenvalue weighted by atomic mass is 9.82. The number of carbonyl (C=O) groups is 1. The van der Waals surface area contributed by atoms with Crippen LogP contribution < -0.4 is 10.6 Å². The second-order valence-electron chi connectivity index (χ2n) is 7.38. The number of rotatable bonds is 6. The Bertz CT molecular complexity index is 578. The zero-order valence-electron chi connectivity index (χ0n) is 15.5. The van der Waals surface area contributed by atoms with Gasteiger partial charge < -0.3 is 20.3 Å². The van der Waals surface area contributed by atoms with Crippen molar-refractivity contribution in [3.8, 4) is 0 Å². The van der Waals surface area contributed by atoms with Gasteiger partial charge in [0.2, 0.25) is 0 Å². The maximum absolute atomic E-state index is 12.3. The molecule has 5 heteroatoms. The summed E-state index contributed by atoms with van der Waals surface area (Å²) in [5.41, 5.74) is 2.42. The monoisotopic (exact) mass is 345 g/mol. The van der Waals surface area contributed by atoms with Gasteiger partial charge in [0.15, 0.2) is 0 Å². The van der Waals surface area contributed by atoms with Crippen molar-refractivity contribution in [3.63, 3.8) is 0 Å². The van der Waals surface area contributed by atoms with E-state index < -0.39 is 0 Å². The van der Waals surface area contributed by atoms with Crippen LogP contribution in [0, 0.1) is 5.92 Å². The number of fused-ring (bicyclic) bond motifs is 1. The Morgan fingerprint density at radius 3 is 2.96 bits per heavy atom. The van der Waals surface area contributed by atoms with Gasteiger partial charge >= 0.3 is 6.03 Å². The first-order valence-corrected chi connectivity index (χ1v) is 9.58. The number of urea groups is 1. The van der Waals surface area contributed by atoms with E-state index in [1.165, 1.54) is 5.56 Å². The molecule has 0 aromatic heterocycles. The third kappa shape index (κ3) is 4.95. The Balaban J connectivity index is 1.48. The molecular formula is C20H31N3O2. The molecule has 1 aliphatic heterocycles. The number of hydrogen-bond acceptors (Lipinski definition) is 3. The molecule has 2 aliphatic rings. The first-order chi connectivity index (χ1) is 12.2. The molecule has 5 nitrogen and oxygen atoms in total. The van der Waals surface area contributed by atoms with E-state index in [1.54, 1.807) is 0 Å². The van der Waals surface area contributed by atoms with E-state index in [1.807, 2.05) is 0 Å². The van der Waals surface area contributed by atoms with E-state index >= 15 is 0 Å². The molecule has 0 spiro atoms. The molecule has 138 valence electrons. The second-order valence-corrected chi connectivity index (χ2v) is 7.38. The van der Waals surface area contributed by atoms with Crippen LogP contribution in [0.15, 0.2) is 24.3 Å². The Morgan fingerprint density at radius 2 is 2.12 bits per heavy atom. The maximum atomic E-state index is 12.3. The number of hydrogen-bond donors (Lipinski definition) is 2. The summed E-state index contributed by atoms with van der Waals surface area (Å²) in [5.74, 6) is 0.493.